The van der Waals surface area contributed by atoms with Crippen LogP contribution in [-0.2, 0) is 23.8 Å². The largest absolute Gasteiger partial charge is 0.466 e. The van der Waals surface area contributed by atoms with Crippen LogP contribution in [0.1, 0.15) is 44.9 Å². The van der Waals surface area contributed by atoms with E-state index in [4.69, 9.17) is 9.47 Å². The summed E-state index contributed by atoms with van der Waals surface area (Å²) in [6.07, 6.45) is 10.1. The van der Waals surface area contributed by atoms with Crippen molar-refractivity contribution in [3.8, 4) is 0 Å². The van der Waals surface area contributed by atoms with Crippen LogP contribution in [0.2, 0.25) is 0 Å². The van der Waals surface area contributed by atoms with Gasteiger partial charge in [0, 0.05) is 18.1 Å². The van der Waals surface area contributed by atoms with E-state index in [0.717, 1.165) is 51.0 Å². The van der Waals surface area contributed by atoms with E-state index in [1.807, 2.05) is 0 Å². The Balaban J connectivity index is 1.68. The van der Waals surface area contributed by atoms with Crippen molar-refractivity contribution in [3.63, 3.8) is 0 Å². The molecule has 3 aliphatic rings. The van der Waals surface area contributed by atoms with Gasteiger partial charge in [-0.05, 0) is 44.9 Å². The van der Waals surface area contributed by atoms with E-state index in [0.29, 0.717) is 12.0 Å². The first-order valence-electron chi connectivity index (χ1n) is 7.77. The van der Waals surface area contributed by atoms with Gasteiger partial charge in [0.2, 0.25) is 0 Å². The molecule has 1 saturated carbocycles. The SMILES string of the molecule is COC(=O)/C=C\C(=O)OC1(C2CC3CCC2O3)CCCC1. The third-order valence-corrected chi connectivity index (χ3v) is 5.09. The van der Waals surface area contributed by atoms with E-state index >= 15 is 0 Å². The van der Waals surface area contributed by atoms with Crippen LogP contribution in [0.15, 0.2) is 12.2 Å². The molecule has 0 aromatic heterocycles. The Bertz CT molecular complexity index is 450. The van der Waals surface area contributed by atoms with Crippen molar-refractivity contribution in [1.82, 2.24) is 0 Å². The normalized spacial score (nSPS) is 33.5. The molecule has 0 aromatic rings. The standard InChI is InChI=1S/C16H22O5/c1-19-14(17)6-7-15(18)21-16(8-2-3-9-16)12-10-11-4-5-13(12)20-11/h6-7,11-13H,2-5,8-10H2,1H3/b7-6-. The van der Waals surface area contributed by atoms with Crippen molar-refractivity contribution >= 4 is 11.9 Å². The lowest BCUT2D eigenvalue weighted by atomic mass is 9.75. The number of ether oxygens (including phenoxy) is 3. The fourth-order valence-corrected chi connectivity index (χ4v) is 4.15. The van der Waals surface area contributed by atoms with Gasteiger partial charge in [-0.25, -0.2) is 9.59 Å². The quantitative estimate of drug-likeness (QED) is 0.587. The summed E-state index contributed by atoms with van der Waals surface area (Å²) in [5.41, 5.74) is -0.391. The first-order valence-corrected chi connectivity index (χ1v) is 7.77. The molecule has 2 aliphatic heterocycles. The maximum absolute atomic E-state index is 12.0. The summed E-state index contributed by atoms with van der Waals surface area (Å²) >= 11 is 0. The van der Waals surface area contributed by atoms with Gasteiger partial charge >= 0.3 is 11.9 Å². The lowest BCUT2D eigenvalue weighted by Crippen LogP contribution is -2.44. The van der Waals surface area contributed by atoms with E-state index in [2.05, 4.69) is 4.74 Å². The predicted octanol–water partition coefficient (Wildman–Crippen LogP) is 2.14. The molecular formula is C16H22O5. The molecule has 21 heavy (non-hydrogen) atoms. The molecule has 116 valence electrons. The third kappa shape index (κ3) is 2.84. The van der Waals surface area contributed by atoms with Crippen LogP contribution in [0.3, 0.4) is 0 Å². The second-order valence-electron chi connectivity index (χ2n) is 6.27. The first kappa shape index (κ1) is 14.6. The molecule has 0 aromatic carbocycles. The number of fused-ring (bicyclic) bond motifs is 2. The van der Waals surface area contributed by atoms with Crippen LogP contribution in [0, 0.1) is 5.92 Å². The van der Waals surface area contributed by atoms with E-state index in [1.54, 1.807) is 0 Å². The molecule has 3 rings (SSSR count). The summed E-state index contributed by atoms with van der Waals surface area (Å²) in [6.45, 7) is 0. The van der Waals surface area contributed by atoms with E-state index in [1.165, 1.54) is 13.2 Å². The second-order valence-corrected chi connectivity index (χ2v) is 6.27. The van der Waals surface area contributed by atoms with Gasteiger partial charge in [-0.3, -0.25) is 0 Å². The zero-order chi connectivity index (χ0) is 14.9. The Morgan fingerprint density at radius 2 is 1.86 bits per heavy atom. The fourth-order valence-electron chi connectivity index (χ4n) is 4.15. The Morgan fingerprint density at radius 3 is 2.43 bits per heavy atom. The lowest BCUT2D eigenvalue weighted by molar-refractivity contribution is -0.162. The number of methoxy groups -OCH3 is 1. The number of rotatable bonds is 4. The van der Waals surface area contributed by atoms with Gasteiger partial charge < -0.3 is 14.2 Å². The molecule has 3 fully saturated rings. The highest BCUT2D eigenvalue weighted by Crippen LogP contribution is 2.51. The smallest absolute Gasteiger partial charge is 0.331 e. The molecule has 2 saturated heterocycles. The Hall–Kier alpha value is -1.36. The zero-order valence-corrected chi connectivity index (χ0v) is 12.4. The summed E-state index contributed by atoms with van der Waals surface area (Å²) in [7, 11) is 1.28. The van der Waals surface area contributed by atoms with Crippen molar-refractivity contribution in [2.45, 2.75) is 62.8 Å². The van der Waals surface area contributed by atoms with Gasteiger partial charge in [0.15, 0.2) is 0 Å². The molecule has 0 radical (unpaired) electrons. The fraction of sp³-hybridized carbons (Fsp3) is 0.750. The molecule has 5 nitrogen and oxygen atoms in total. The average molecular weight is 294 g/mol. The van der Waals surface area contributed by atoms with Crippen molar-refractivity contribution in [3.05, 3.63) is 12.2 Å². The Labute approximate surface area is 124 Å². The van der Waals surface area contributed by atoms with Crippen LogP contribution in [0.25, 0.3) is 0 Å². The van der Waals surface area contributed by atoms with Crippen LogP contribution < -0.4 is 0 Å². The Kier molecular flexibility index (Phi) is 4.02. The van der Waals surface area contributed by atoms with Crippen LogP contribution in [0.5, 0.6) is 0 Å². The summed E-state index contributed by atoms with van der Waals surface area (Å²) < 4.78 is 16.2. The minimum Gasteiger partial charge on any atom is -0.466 e. The predicted molar refractivity (Wildman–Crippen MR) is 74.4 cm³/mol. The van der Waals surface area contributed by atoms with Gasteiger partial charge in [0.1, 0.15) is 5.60 Å². The molecule has 0 amide bonds. The molecule has 5 heteroatoms. The Morgan fingerprint density at radius 1 is 1.14 bits per heavy atom. The molecule has 2 heterocycles. The molecule has 2 bridgehead atoms. The number of hydrogen-bond acceptors (Lipinski definition) is 5. The van der Waals surface area contributed by atoms with Gasteiger partial charge in [-0.2, -0.15) is 0 Å². The van der Waals surface area contributed by atoms with Crippen LogP contribution in [0.4, 0.5) is 0 Å². The lowest BCUT2D eigenvalue weighted by Gasteiger charge is -2.37. The van der Waals surface area contributed by atoms with Gasteiger partial charge in [0.25, 0.3) is 0 Å². The van der Waals surface area contributed by atoms with Crippen LogP contribution >= 0.6 is 0 Å². The topological polar surface area (TPSA) is 61.8 Å². The molecule has 1 aliphatic carbocycles. The summed E-state index contributed by atoms with van der Waals surface area (Å²) in [5, 5.41) is 0. The van der Waals surface area contributed by atoms with Crippen LogP contribution in [-0.4, -0.2) is 36.9 Å². The molecule has 3 unspecified atom stereocenters. The monoisotopic (exact) mass is 294 g/mol. The van der Waals surface area contributed by atoms with E-state index in [9.17, 15) is 9.59 Å². The molecule has 0 spiro atoms. The number of esters is 2. The highest BCUT2D eigenvalue weighted by molar-refractivity contribution is 5.91. The van der Waals surface area contributed by atoms with Gasteiger partial charge in [0.05, 0.1) is 19.3 Å². The van der Waals surface area contributed by atoms with Gasteiger partial charge in [-0.15, -0.1) is 0 Å². The number of carbonyl (C=O) groups excluding carboxylic acids is 2. The van der Waals surface area contributed by atoms with Crippen molar-refractivity contribution in [1.29, 1.82) is 0 Å². The summed E-state index contributed by atoms with van der Waals surface area (Å²) in [4.78, 5) is 23.1. The highest BCUT2D eigenvalue weighted by Gasteiger charge is 2.54. The van der Waals surface area contributed by atoms with E-state index in [-0.39, 0.29) is 6.10 Å². The van der Waals surface area contributed by atoms with Crippen molar-refractivity contribution < 1.29 is 23.8 Å². The zero-order valence-electron chi connectivity index (χ0n) is 12.4. The maximum Gasteiger partial charge on any atom is 0.331 e. The summed E-state index contributed by atoms with van der Waals surface area (Å²) in [6, 6.07) is 0. The highest BCUT2D eigenvalue weighted by atomic mass is 16.6. The summed E-state index contributed by atoms with van der Waals surface area (Å²) in [5.74, 6) is -0.685. The molecule has 0 N–H and O–H groups in total. The third-order valence-electron chi connectivity index (χ3n) is 5.09. The van der Waals surface area contributed by atoms with Crippen molar-refractivity contribution in [2.24, 2.45) is 5.92 Å². The maximum atomic E-state index is 12.0. The van der Waals surface area contributed by atoms with Gasteiger partial charge in [-0.1, -0.05) is 0 Å². The minimum atomic E-state index is -0.546. The first-order chi connectivity index (χ1) is 10.1. The van der Waals surface area contributed by atoms with E-state index < -0.39 is 17.5 Å². The second kappa shape index (κ2) is 5.79. The number of hydrogen-bond donors (Lipinski definition) is 0. The minimum absolute atomic E-state index is 0.241. The average Bonchev–Trinajstić information content (AvgIpc) is 3.21. The molecular weight excluding hydrogens is 272 g/mol. The van der Waals surface area contributed by atoms with Crippen molar-refractivity contribution in [2.75, 3.05) is 7.11 Å². The number of carbonyl (C=O) groups is 2. The molecule has 3 atom stereocenters.